The minimum absolute atomic E-state index is 0.173. The van der Waals surface area contributed by atoms with Crippen molar-refractivity contribution in [1.29, 1.82) is 0 Å². The maximum Gasteiger partial charge on any atom is 0.258 e. The second kappa shape index (κ2) is 14.6. The Balaban J connectivity index is 1.03. The van der Waals surface area contributed by atoms with Crippen LogP contribution in [0.25, 0.3) is 11.6 Å². The predicted octanol–water partition coefficient (Wildman–Crippen LogP) is 6.56. The molecule has 0 aliphatic carbocycles. The average molecular weight is 542 g/mol. The average Bonchev–Trinajstić information content (AvgIpc) is 3.31. The van der Waals surface area contributed by atoms with Crippen molar-refractivity contribution >= 4 is 29.2 Å². The fourth-order valence-corrected chi connectivity index (χ4v) is 4.21. The Bertz CT molecular complexity index is 1360. The number of hydrogen-bond acceptors (Lipinski definition) is 5. The van der Waals surface area contributed by atoms with Crippen LogP contribution in [0.15, 0.2) is 84.9 Å². The number of amides is 2. The van der Waals surface area contributed by atoms with Crippen molar-refractivity contribution in [3.8, 4) is 11.5 Å². The lowest BCUT2D eigenvalue weighted by molar-refractivity contribution is -0.123. The van der Waals surface area contributed by atoms with Crippen LogP contribution < -0.4 is 14.8 Å². The van der Waals surface area contributed by atoms with Gasteiger partial charge in [-0.2, -0.15) is 0 Å². The van der Waals surface area contributed by atoms with Gasteiger partial charge in [-0.1, -0.05) is 56.0 Å². The molecule has 6 nitrogen and oxygen atoms in total. The van der Waals surface area contributed by atoms with E-state index in [2.05, 4.69) is 5.32 Å². The minimum atomic E-state index is -0.385. The van der Waals surface area contributed by atoms with Crippen molar-refractivity contribution in [1.82, 2.24) is 5.32 Å². The van der Waals surface area contributed by atoms with Gasteiger partial charge in [0, 0.05) is 11.6 Å². The van der Waals surface area contributed by atoms with E-state index in [4.69, 9.17) is 9.47 Å². The first-order chi connectivity index (χ1) is 19.5. The molecular formula is C33H32FNO5. The second-order valence-electron chi connectivity index (χ2n) is 9.49. The molecule has 1 heterocycles. The summed E-state index contributed by atoms with van der Waals surface area (Å²) < 4.78 is 24.6. The third kappa shape index (κ3) is 8.76. The quantitative estimate of drug-likeness (QED) is 0.102. The molecule has 3 aromatic carbocycles. The number of carbonyl (C=O) groups excluding carboxylic acids is 3. The molecular weight excluding hydrogens is 509 g/mol. The van der Waals surface area contributed by atoms with Crippen molar-refractivity contribution in [3.63, 3.8) is 0 Å². The Labute approximate surface area is 233 Å². The van der Waals surface area contributed by atoms with Crippen LogP contribution in [0.3, 0.4) is 0 Å². The van der Waals surface area contributed by atoms with Crippen molar-refractivity contribution in [2.75, 3.05) is 13.2 Å². The highest BCUT2D eigenvalue weighted by atomic mass is 19.1. The second-order valence-corrected chi connectivity index (χ2v) is 9.49. The van der Waals surface area contributed by atoms with E-state index in [0.29, 0.717) is 29.9 Å². The summed E-state index contributed by atoms with van der Waals surface area (Å²) >= 11 is 0. The van der Waals surface area contributed by atoms with Crippen LogP contribution in [0.2, 0.25) is 0 Å². The van der Waals surface area contributed by atoms with Gasteiger partial charge < -0.3 is 9.47 Å². The highest BCUT2D eigenvalue weighted by molar-refractivity contribution is 6.33. The SMILES string of the molecule is O=C1C=C(c2ccc(OCCCCCCCCOc3ccc(C=CC(=O)c4ccc(F)cc4)cc3)cc2)C(=O)N1. The van der Waals surface area contributed by atoms with E-state index in [0.717, 1.165) is 55.6 Å². The fourth-order valence-electron chi connectivity index (χ4n) is 4.21. The normalized spacial score (nSPS) is 12.9. The number of hydrogen-bond donors (Lipinski definition) is 1. The number of unbranched alkanes of at least 4 members (excludes halogenated alkanes) is 5. The third-order valence-corrected chi connectivity index (χ3v) is 6.43. The predicted molar refractivity (Wildman–Crippen MR) is 152 cm³/mol. The molecule has 3 aromatic rings. The van der Waals surface area contributed by atoms with Crippen molar-refractivity contribution in [2.45, 2.75) is 38.5 Å². The minimum Gasteiger partial charge on any atom is -0.494 e. The first-order valence-corrected chi connectivity index (χ1v) is 13.5. The van der Waals surface area contributed by atoms with E-state index in [-0.39, 0.29) is 23.4 Å². The van der Waals surface area contributed by atoms with E-state index in [1.165, 1.54) is 36.4 Å². The molecule has 1 aliphatic heterocycles. The lowest BCUT2D eigenvalue weighted by Crippen LogP contribution is -2.21. The van der Waals surface area contributed by atoms with Gasteiger partial charge in [0.05, 0.1) is 18.8 Å². The monoisotopic (exact) mass is 541 g/mol. The van der Waals surface area contributed by atoms with Gasteiger partial charge in [-0.05, 0) is 78.6 Å². The standard InChI is InChI=1S/C33H32FNO5/c34-27-14-10-26(11-15-27)31(36)20-9-24-7-16-28(17-8-24)39-21-5-3-1-2-4-6-22-40-29-18-12-25(13-19-29)30-23-32(37)35-33(30)38/h7-20,23H,1-6,21-22H2,(H,35,37,38). The van der Waals surface area contributed by atoms with Gasteiger partial charge in [0.1, 0.15) is 17.3 Å². The van der Waals surface area contributed by atoms with Crippen molar-refractivity contribution in [3.05, 3.63) is 107 Å². The summed E-state index contributed by atoms with van der Waals surface area (Å²) in [5, 5.41) is 2.24. The van der Waals surface area contributed by atoms with E-state index in [1.54, 1.807) is 18.2 Å². The number of ether oxygens (including phenoxy) is 2. The Hall–Kier alpha value is -4.52. The Morgan fingerprint density at radius 3 is 1.82 bits per heavy atom. The Kier molecular flexibility index (Phi) is 10.4. The molecule has 2 amide bonds. The zero-order chi connectivity index (χ0) is 28.2. The largest absolute Gasteiger partial charge is 0.494 e. The fraction of sp³-hybridized carbons (Fsp3) is 0.242. The lowest BCUT2D eigenvalue weighted by Gasteiger charge is -2.08. The lowest BCUT2D eigenvalue weighted by atomic mass is 10.1. The molecule has 40 heavy (non-hydrogen) atoms. The van der Waals surface area contributed by atoms with Gasteiger partial charge in [-0.3, -0.25) is 19.7 Å². The summed E-state index contributed by atoms with van der Waals surface area (Å²) in [5.41, 5.74) is 2.41. The molecule has 0 saturated carbocycles. The molecule has 0 bridgehead atoms. The topological polar surface area (TPSA) is 81.7 Å². The number of ketones is 1. The van der Waals surface area contributed by atoms with Crippen LogP contribution >= 0.6 is 0 Å². The van der Waals surface area contributed by atoms with Crippen molar-refractivity contribution in [2.24, 2.45) is 0 Å². The number of benzene rings is 3. The smallest absolute Gasteiger partial charge is 0.258 e. The van der Waals surface area contributed by atoms with E-state index < -0.39 is 0 Å². The van der Waals surface area contributed by atoms with Crippen LogP contribution in [0.4, 0.5) is 4.39 Å². The Morgan fingerprint density at radius 2 is 1.27 bits per heavy atom. The molecule has 7 heteroatoms. The van der Waals surface area contributed by atoms with Crippen LogP contribution in [0.1, 0.15) is 60.0 Å². The Morgan fingerprint density at radius 1 is 0.725 bits per heavy atom. The molecule has 0 saturated heterocycles. The van der Waals surface area contributed by atoms with Gasteiger partial charge in [-0.15, -0.1) is 0 Å². The van der Waals surface area contributed by atoms with E-state index >= 15 is 0 Å². The highest BCUT2D eigenvalue weighted by Gasteiger charge is 2.21. The molecule has 0 atom stereocenters. The van der Waals surface area contributed by atoms with Crippen LogP contribution in [0, 0.1) is 5.82 Å². The molecule has 0 unspecified atom stereocenters. The van der Waals surface area contributed by atoms with Crippen molar-refractivity contribution < 1.29 is 28.2 Å². The number of imide groups is 1. The zero-order valence-corrected chi connectivity index (χ0v) is 22.2. The van der Waals surface area contributed by atoms with E-state index in [1.807, 2.05) is 36.4 Å². The summed E-state index contributed by atoms with van der Waals surface area (Å²) in [6.45, 7) is 1.29. The summed E-state index contributed by atoms with van der Waals surface area (Å²) in [7, 11) is 0. The molecule has 4 rings (SSSR count). The molecule has 1 aliphatic rings. The first-order valence-electron chi connectivity index (χ1n) is 13.5. The molecule has 0 aromatic heterocycles. The number of rotatable bonds is 15. The summed E-state index contributed by atoms with van der Waals surface area (Å²) in [6, 6.07) is 20.3. The molecule has 1 N–H and O–H groups in total. The van der Waals surface area contributed by atoms with E-state index in [9.17, 15) is 18.8 Å². The van der Waals surface area contributed by atoms with Crippen LogP contribution in [-0.4, -0.2) is 30.8 Å². The molecule has 0 fully saturated rings. The summed E-state index contributed by atoms with van der Waals surface area (Å²) in [6.07, 6.45) is 10.9. The summed E-state index contributed by atoms with van der Waals surface area (Å²) in [5.74, 6) is 0.245. The third-order valence-electron chi connectivity index (χ3n) is 6.43. The number of nitrogens with one attached hydrogen (secondary N) is 1. The van der Waals surface area contributed by atoms with Gasteiger partial charge >= 0.3 is 0 Å². The summed E-state index contributed by atoms with van der Waals surface area (Å²) in [4.78, 5) is 35.2. The molecule has 0 radical (unpaired) electrons. The highest BCUT2D eigenvalue weighted by Crippen LogP contribution is 2.21. The van der Waals surface area contributed by atoms with Gasteiger partial charge in [0.2, 0.25) is 0 Å². The maximum absolute atomic E-state index is 13.0. The molecule has 206 valence electrons. The van der Waals surface area contributed by atoms with Crippen LogP contribution in [-0.2, 0) is 9.59 Å². The van der Waals surface area contributed by atoms with Gasteiger partial charge in [0.25, 0.3) is 11.8 Å². The number of allylic oxidation sites excluding steroid dienone is 1. The first kappa shape index (κ1) is 28.5. The number of halogens is 1. The van der Waals surface area contributed by atoms with Crippen LogP contribution in [0.5, 0.6) is 11.5 Å². The zero-order valence-electron chi connectivity index (χ0n) is 22.2. The number of carbonyl (C=O) groups is 3. The molecule has 0 spiro atoms. The van der Waals surface area contributed by atoms with Gasteiger partial charge in [0.15, 0.2) is 5.78 Å². The van der Waals surface area contributed by atoms with Gasteiger partial charge in [-0.25, -0.2) is 4.39 Å². The maximum atomic E-state index is 13.0.